The second-order valence-electron chi connectivity index (χ2n) is 15.8. The number of carbonyl (C=O) groups is 2. The van der Waals surface area contributed by atoms with E-state index >= 15 is 0 Å². The largest absolute Gasteiger partial charge is 0.453 e. The smallest absolute Gasteiger partial charge is 0.338 e. The Balaban J connectivity index is 0.821. The molecule has 2 heterocycles. The van der Waals surface area contributed by atoms with Gasteiger partial charge in [-0.2, -0.15) is 0 Å². The topological polar surface area (TPSA) is 71.1 Å². The molecule has 4 aromatic rings. The van der Waals surface area contributed by atoms with Crippen LogP contribution in [0.25, 0.3) is 22.3 Å². The van der Waals surface area contributed by atoms with Crippen LogP contribution in [0.3, 0.4) is 0 Å². The minimum Gasteiger partial charge on any atom is -0.453 e. The van der Waals surface area contributed by atoms with Gasteiger partial charge in [0.2, 0.25) is 0 Å². The molecule has 4 aromatic carbocycles. The standard InChI is InChI=1S/C46H50O6/c1-29-3-7-31(8-4-29)33-11-15-35(16-12-33)37-19-23-39(24-20-37)45(47)51-41-27-49-44-42(28-50-43(41)44)52-46(48)40-25-21-38(22-26-40)36-17-13-34(14-18-36)32-9-5-30(2)6-10-32/h11-26,29-32,41-44H,3-10,27-28H2,1-2H3. The van der Waals surface area contributed by atoms with Crippen molar-refractivity contribution < 1.29 is 28.5 Å². The molecule has 0 radical (unpaired) electrons. The number of esters is 2. The lowest BCUT2D eigenvalue weighted by Gasteiger charge is -2.26. The van der Waals surface area contributed by atoms with Gasteiger partial charge in [0, 0.05) is 0 Å². The van der Waals surface area contributed by atoms with Crippen LogP contribution < -0.4 is 0 Å². The van der Waals surface area contributed by atoms with Crippen molar-refractivity contribution >= 4 is 11.9 Å². The molecule has 2 aliphatic heterocycles. The number of hydrogen-bond acceptors (Lipinski definition) is 6. The molecule has 0 amide bonds. The highest BCUT2D eigenvalue weighted by Gasteiger charge is 2.51. The van der Waals surface area contributed by atoms with Gasteiger partial charge in [0.15, 0.2) is 12.2 Å². The molecule has 0 N–H and O–H groups in total. The second-order valence-corrected chi connectivity index (χ2v) is 15.8. The lowest BCUT2D eigenvalue weighted by molar-refractivity contribution is -0.0287. The summed E-state index contributed by atoms with van der Waals surface area (Å²) in [5.74, 6) is 2.16. The maximum atomic E-state index is 13.1. The Kier molecular flexibility index (Phi) is 10.3. The van der Waals surface area contributed by atoms with Crippen molar-refractivity contribution in [1.82, 2.24) is 0 Å². The van der Waals surface area contributed by atoms with Gasteiger partial charge in [0.1, 0.15) is 12.2 Å². The van der Waals surface area contributed by atoms with Gasteiger partial charge in [-0.05, 0) is 107 Å². The molecule has 4 atom stereocenters. The van der Waals surface area contributed by atoms with Crippen molar-refractivity contribution in [2.75, 3.05) is 13.2 Å². The third-order valence-corrected chi connectivity index (χ3v) is 12.2. The van der Waals surface area contributed by atoms with Gasteiger partial charge in [-0.15, -0.1) is 0 Å². The van der Waals surface area contributed by atoms with Crippen LogP contribution in [-0.4, -0.2) is 49.6 Å². The number of carbonyl (C=O) groups excluding carboxylic acids is 2. The highest BCUT2D eigenvalue weighted by atomic mass is 16.7. The van der Waals surface area contributed by atoms with Crippen LogP contribution in [0.2, 0.25) is 0 Å². The van der Waals surface area contributed by atoms with Crippen molar-refractivity contribution in [1.29, 1.82) is 0 Å². The van der Waals surface area contributed by atoms with Crippen molar-refractivity contribution in [3.8, 4) is 22.3 Å². The molecule has 0 bridgehead atoms. The number of fused-ring (bicyclic) bond motifs is 1. The minimum atomic E-state index is -0.580. The van der Waals surface area contributed by atoms with Gasteiger partial charge in [-0.1, -0.05) is 112 Å². The van der Waals surface area contributed by atoms with Crippen molar-refractivity contribution in [3.05, 3.63) is 119 Å². The van der Waals surface area contributed by atoms with Crippen molar-refractivity contribution in [2.24, 2.45) is 11.8 Å². The van der Waals surface area contributed by atoms with Crippen LogP contribution in [0.4, 0.5) is 0 Å². The average molecular weight is 699 g/mol. The average Bonchev–Trinajstić information content (AvgIpc) is 3.78. The van der Waals surface area contributed by atoms with E-state index in [9.17, 15) is 9.59 Å². The van der Waals surface area contributed by atoms with E-state index in [1.54, 1.807) is 24.3 Å². The Labute approximate surface area is 307 Å². The van der Waals surface area contributed by atoms with Crippen LogP contribution in [0.5, 0.6) is 0 Å². The molecule has 2 saturated carbocycles. The van der Waals surface area contributed by atoms with Crippen LogP contribution in [0.15, 0.2) is 97.1 Å². The summed E-state index contributed by atoms with van der Waals surface area (Å²) in [6.45, 7) is 5.08. The summed E-state index contributed by atoms with van der Waals surface area (Å²) in [6, 6.07) is 32.8. The fourth-order valence-corrected chi connectivity index (χ4v) is 8.72. The zero-order valence-electron chi connectivity index (χ0n) is 30.4. The van der Waals surface area contributed by atoms with E-state index in [2.05, 4.69) is 62.4 Å². The third kappa shape index (κ3) is 7.60. The quantitative estimate of drug-likeness (QED) is 0.171. The summed E-state index contributed by atoms with van der Waals surface area (Å²) in [5, 5.41) is 0. The van der Waals surface area contributed by atoms with E-state index in [0.29, 0.717) is 23.0 Å². The van der Waals surface area contributed by atoms with Crippen LogP contribution >= 0.6 is 0 Å². The van der Waals surface area contributed by atoms with E-state index < -0.39 is 36.4 Å². The maximum Gasteiger partial charge on any atom is 0.338 e. The summed E-state index contributed by atoms with van der Waals surface area (Å²) >= 11 is 0. The third-order valence-electron chi connectivity index (χ3n) is 12.2. The predicted octanol–water partition coefficient (Wildman–Crippen LogP) is 10.2. The Morgan fingerprint density at radius 3 is 1.10 bits per heavy atom. The molecule has 4 fully saturated rings. The number of ether oxygens (including phenoxy) is 4. The van der Waals surface area contributed by atoms with Gasteiger partial charge >= 0.3 is 11.9 Å². The molecule has 6 heteroatoms. The summed E-state index contributed by atoms with van der Waals surface area (Å²) in [6.07, 6.45) is 8.17. The first-order valence-electron chi connectivity index (χ1n) is 19.4. The Hall–Kier alpha value is -4.26. The molecule has 4 unspecified atom stereocenters. The summed E-state index contributed by atoms with van der Waals surface area (Å²) in [5.41, 5.74) is 8.17. The Bertz CT molecular complexity index is 1680. The first-order chi connectivity index (χ1) is 25.4. The molecule has 6 nitrogen and oxygen atoms in total. The monoisotopic (exact) mass is 698 g/mol. The summed E-state index contributed by atoms with van der Waals surface area (Å²) in [4.78, 5) is 26.3. The Morgan fingerprint density at radius 1 is 0.462 bits per heavy atom. The van der Waals surface area contributed by atoms with Gasteiger partial charge in [-0.3, -0.25) is 0 Å². The lowest BCUT2D eigenvalue weighted by atomic mass is 9.79. The molecular weight excluding hydrogens is 649 g/mol. The summed E-state index contributed by atoms with van der Waals surface area (Å²) in [7, 11) is 0. The molecule has 0 aromatic heterocycles. The van der Waals surface area contributed by atoms with Crippen molar-refractivity contribution in [3.63, 3.8) is 0 Å². The number of rotatable bonds is 8. The predicted molar refractivity (Wildman–Crippen MR) is 202 cm³/mol. The van der Waals surface area contributed by atoms with E-state index in [1.165, 1.54) is 62.5 Å². The molecule has 4 aliphatic rings. The molecule has 2 saturated heterocycles. The van der Waals surface area contributed by atoms with E-state index in [4.69, 9.17) is 18.9 Å². The SMILES string of the molecule is CC1CCC(c2ccc(-c3ccc(C(=O)OC4COC5C(OC(=O)c6ccc(-c7ccc(C8CCC(C)CC8)cc7)cc6)COC45)cc3)cc2)CC1. The molecule has 52 heavy (non-hydrogen) atoms. The summed E-state index contributed by atoms with van der Waals surface area (Å²) < 4.78 is 23.6. The van der Waals surface area contributed by atoms with Crippen LogP contribution in [0, 0.1) is 11.8 Å². The first kappa shape index (κ1) is 34.8. The zero-order valence-corrected chi connectivity index (χ0v) is 30.4. The molecular formula is C46H50O6. The van der Waals surface area contributed by atoms with E-state index in [1.807, 2.05) is 24.3 Å². The zero-order chi connectivity index (χ0) is 35.6. The fourth-order valence-electron chi connectivity index (χ4n) is 8.72. The molecule has 270 valence electrons. The van der Waals surface area contributed by atoms with Gasteiger partial charge in [-0.25, -0.2) is 9.59 Å². The highest BCUT2D eigenvalue weighted by molar-refractivity contribution is 5.91. The maximum absolute atomic E-state index is 13.1. The normalized spacial score (nSPS) is 28.6. The van der Waals surface area contributed by atoms with Crippen LogP contribution in [-0.2, 0) is 18.9 Å². The van der Waals surface area contributed by atoms with E-state index in [0.717, 1.165) is 34.1 Å². The lowest BCUT2D eigenvalue weighted by Crippen LogP contribution is -2.36. The number of hydrogen-bond donors (Lipinski definition) is 0. The molecule has 0 spiro atoms. The molecule has 2 aliphatic carbocycles. The highest BCUT2D eigenvalue weighted by Crippen LogP contribution is 2.38. The number of benzene rings is 4. The first-order valence-corrected chi connectivity index (χ1v) is 19.4. The van der Waals surface area contributed by atoms with Gasteiger partial charge < -0.3 is 18.9 Å². The van der Waals surface area contributed by atoms with Crippen molar-refractivity contribution in [2.45, 2.75) is 101 Å². The van der Waals surface area contributed by atoms with E-state index in [-0.39, 0.29) is 13.2 Å². The van der Waals surface area contributed by atoms with Gasteiger partial charge in [0.05, 0.1) is 24.3 Å². The minimum absolute atomic E-state index is 0.187. The second kappa shape index (κ2) is 15.4. The van der Waals surface area contributed by atoms with Crippen LogP contribution in [0.1, 0.15) is 109 Å². The van der Waals surface area contributed by atoms with Gasteiger partial charge in [0.25, 0.3) is 0 Å². The Morgan fingerprint density at radius 2 is 0.769 bits per heavy atom. The molecule has 8 rings (SSSR count). The fraction of sp³-hybridized carbons (Fsp3) is 0.435.